The maximum absolute atomic E-state index is 13.6. The quantitative estimate of drug-likeness (QED) is 0.661. The Morgan fingerprint density at radius 2 is 1.86 bits per heavy atom. The van der Waals surface area contributed by atoms with E-state index in [1.54, 1.807) is 30.3 Å². The third kappa shape index (κ3) is 5.88. The summed E-state index contributed by atoms with van der Waals surface area (Å²) in [5.41, 5.74) is 6.09. The highest BCUT2D eigenvalue weighted by atomic mass is 35.5. The highest BCUT2D eigenvalue weighted by Crippen LogP contribution is 2.27. The predicted octanol–water partition coefficient (Wildman–Crippen LogP) is 2.13. The third-order valence-electron chi connectivity index (χ3n) is 4.67. The van der Waals surface area contributed by atoms with Crippen molar-refractivity contribution in [2.45, 2.75) is 18.4 Å². The van der Waals surface area contributed by atoms with E-state index < -0.39 is 17.5 Å². The van der Waals surface area contributed by atoms with Gasteiger partial charge in [0.05, 0.1) is 0 Å². The summed E-state index contributed by atoms with van der Waals surface area (Å²) in [5, 5.41) is 6.16. The first kappa shape index (κ1) is 22.6. The summed E-state index contributed by atoms with van der Waals surface area (Å²) in [6, 6.07) is 9.89. The van der Waals surface area contributed by atoms with E-state index in [4.69, 9.17) is 10.5 Å². The lowest BCUT2D eigenvalue weighted by Crippen LogP contribution is -2.50. The van der Waals surface area contributed by atoms with Crippen LogP contribution in [-0.4, -0.2) is 37.6 Å². The number of carbonyl (C=O) groups excluding carboxylic acids is 2. The van der Waals surface area contributed by atoms with Crippen LogP contribution in [0.3, 0.4) is 0 Å². The lowest BCUT2D eigenvalue weighted by atomic mass is 9.85. The Bertz CT molecular complexity index is 865. The molecule has 0 radical (unpaired) electrons. The first-order valence-electron chi connectivity index (χ1n) is 8.91. The van der Waals surface area contributed by atoms with Gasteiger partial charge in [-0.05, 0) is 54.9 Å². The van der Waals surface area contributed by atoms with Gasteiger partial charge in [0.25, 0.3) is 11.8 Å². The number of rotatable bonds is 6. The molecule has 29 heavy (non-hydrogen) atoms. The Labute approximate surface area is 173 Å². The molecule has 2 aromatic carbocycles. The van der Waals surface area contributed by atoms with Crippen molar-refractivity contribution in [2.24, 2.45) is 5.73 Å². The minimum absolute atomic E-state index is 0. The van der Waals surface area contributed by atoms with Crippen molar-refractivity contribution >= 4 is 24.2 Å². The maximum atomic E-state index is 13.6. The average molecular weight is 426 g/mol. The number of hydrogen-bond acceptors (Lipinski definition) is 4. The van der Waals surface area contributed by atoms with Crippen LogP contribution >= 0.6 is 12.4 Å². The van der Waals surface area contributed by atoms with E-state index >= 15 is 0 Å². The molecule has 156 valence electrons. The molecule has 0 aliphatic carbocycles. The number of ether oxygens (including phenoxy) is 1. The molecule has 0 aromatic heterocycles. The summed E-state index contributed by atoms with van der Waals surface area (Å²) in [5.74, 6) is -2.37. The highest BCUT2D eigenvalue weighted by Gasteiger charge is 2.28. The Kier molecular flexibility index (Phi) is 7.92. The normalized spacial score (nSPS) is 18.4. The summed E-state index contributed by atoms with van der Waals surface area (Å²) in [6.07, 6.45) is 0.690. The second-order valence-electron chi connectivity index (χ2n) is 6.63. The second kappa shape index (κ2) is 10.2. The molecule has 0 saturated carbocycles. The van der Waals surface area contributed by atoms with Crippen molar-refractivity contribution in [1.29, 1.82) is 0 Å². The van der Waals surface area contributed by atoms with E-state index in [-0.39, 0.29) is 36.9 Å². The molecule has 4 N–H and O–H groups in total. The van der Waals surface area contributed by atoms with E-state index in [2.05, 4.69) is 10.6 Å². The van der Waals surface area contributed by atoms with Crippen molar-refractivity contribution in [3.63, 3.8) is 0 Å². The molecule has 1 fully saturated rings. The standard InChI is InChI=1S/C20H21F2N3O3.ClH/c21-16-6-3-13(9-17(16)22)15-7-8-24-10-18(15)25-20(27)12-1-4-14(5-2-12)28-11-19(23)26;/h1-6,9,15,18,24H,7-8,10-11H2,(H2,23,26)(H,25,27);1H. The lowest BCUT2D eigenvalue weighted by Gasteiger charge is -2.33. The molecular formula is C20H22ClF2N3O3. The molecular weight excluding hydrogens is 404 g/mol. The molecule has 1 aliphatic rings. The van der Waals surface area contributed by atoms with Crippen LogP contribution in [0, 0.1) is 11.6 Å². The fourth-order valence-corrected chi connectivity index (χ4v) is 3.26. The molecule has 6 nitrogen and oxygen atoms in total. The minimum atomic E-state index is -0.896. The summed E-state index contributed by atoms with van der Waals surface area (Å²) in [4.78, 5) is 23.3. The van der Waals surface area contributed by atoms with Crippen molar-refractivity contribution in [3.8, 4) is 5.75 Å². The molecule has 0 bridgehead atoms. The highest BCUT2D eigenvalue weighted by molar-refractivity contribution is 5.94. The van der Waals surface area contributed by atoms with E-state index in [0.717, 1.165) is 12.6 Å². The number of hydrogen-bond donors (Lipinski definition) is 3. The second-order valence-corrected chi connectivity index (χ2v) is 6.63. The van der Waals surface area contributed by atoms with Crippen LogP contribution in [0.4, 0.5) is 8.78 Å². The average Bonchev–Trinajstić information content (AvgIpc) is 2.69. The van der Waals surface area contributed by atoms with Gasteiger partial charge in [0.15, 0.2) is 18.2 Å². The van der Waals surface area contributed by atoms with E-state index in [1.165, 1.54) is 6.07 Å². The number of halogens is 3. The van der Waals surface area contributed by atoms with Gasteiger partial charge in [0.1, 0.15) is 5.75 Å². The molecule has 2 atom stereocenters. The number of primary amides is 1. The summed E-state index contributed by atoms with van der Waals surface area (Å²) < 4.78 is 32.0. The molecule has 3 rings (SSSR count). The SMILES string of the molecule is Cl.NC(=O)COc1ccc(C(=O)NC2CNCCC2c2ccc(F)c(F)c2)cc1. The van der Waals surface area contributed by atoms with Gasteiger partial charge < -0.3 is 21.1 Å². The molecule has 0 spiro atoms. The van der Waals surface area contributed by atoms with Gasteiger partial charge in [-0.1, -0.05) is 6.07 Å². The minimum Gasteiger partial charge on any atom is -0.484 e. The van der Waals surface area contributed by atoms with Crippen LogP contribution in [-0.2, 0) is 4.79 Å². The third-order valence-corrected chi connectivity index (χ3v) is 4.67. The van der Waals surface area contributed by atoms with Crippen LogP contribution in [0.25, 0.3) is 0 Å². The van der Waals surface area contributed by atoms with Gasteiger partial charge in [-0.3, -0.25) is 9.59 Å². The van der Waals surface area contributed by atoms with E-state index in [1.807, 2.05) is 0 Å². The zero-order valence-electron chi connectivity index (χ0n) is 15.5. The van der Waals surface area contributed by atoms with Crippen LogP contribution in [0.2, 0.25) is 0 Å². The van der Waals surface area contributed by atoms with Crippen LogP contribution in [0.15, 0.2) is 42.5 Å². The molecule has 1 saturated heterocycles. The van der Waals surface area contributed by atoms with Gasteiger partial charge in [0.2, 0.25) is 0 Å². The molecule has 2 amide bonds. The molecule has 1 aliphatic heterocycles. The first-order chi connectivity index (χ1) is 13.4. The number of carbonyl (C=O) groups is 2. The molecule has 2 aromatic rings. The molecule has 1 heterocycles. The Balaban J connectivity index is 0.00000300. The van der Waals surface area contributed by atoms with Gasteiger partial charge in [0, 0.05) is 24.1 Å². The zero-order chi connectivity index (χ0) is 20.1. The topological polar surface area (TPSA) is 93.5 Å². The zero-order valence-corrected chi connectivity index (χ0v) is 16.3. The van der Waals surface area contributed by atoms with Crippen molar-refractivity contribution in [1.82, 2.24) is 10.6 Å². The predicted molar refractivity (Wildman–Crippen MR) is 106 cm³/mol. The number of piperidine rings is 1. The lowest BCUT2D eigenvalue weighted by molar-refractivity contribution is -0.119. The van der Waals surface area contributed by atoms with Crippen LogP contribution in [0.1, 0.15) is 28.3 Å². The number of benzene rings is 2. The van der Waals surface area contributed by atoms with Crippen molar-refractivity contribution < 1.29 is 23.1 Å². The Morgan fingerprint density at radius 3 is 2.52 bits per heavy atom. The Hall–Kier alpha value is -2.71. The van der Waals surface area contributed by atoms with Gasteiger partial charge >= 0.3 is 0 Å². The monoisotopic (exact) mass is 425 g/mol. The summed E-state index contributed by atoms with van der Waals surface area (Å²) in [7, 11) is 0. The largest absolute Gasteiger partial charge is 0.484 e. The molecule has 9 heteroatoms. The number of nitrogens with two attached hydrogens (primary N) is 1. The maximum Gasteiger partial charge on any atom is 0.255 e. The Morgan fingerprint density at radius 1 is 1.14 bits per heavy atom. The van der Waals surface area contributed by atoms with Gasteiger partial charge in [-0.2, -0.15) is 0 Å². The fourth-order valence-electron chi connectivity index (χ4n) is 3.26. The first-order valence-corrected chi connectivity index (χ1v) is 8.91. The van der Waals surface area contributed by atoms with Crippen LogP contribution in [0.5, 0.6) is 5.75 Å². The van der Waals surface area contributed by atoms with Crippen molar-refractivity contribution in [2.75, 3.05) is 19.7 Å². The molecule has 2 unspecified atom stereocenters. The number of nitrogens with one attached hydrogen (secondary N) is 2. The van der Waals surface area contributed by atoms with E-state index in [9.17, 15) is 18.4 Å². The fraction of sp³-hybridized carbons (Fsp3) is 0.300. The smallest absolute Gasteiger partial charge is 0.255 e. The number of amides is 2. The van der Waals surface area contributed by atoms with Gasteiger partial charge in [-0.15, -0.1) is 12.4 Å². The summed E-state index contributed by atoms with van der Waals surface area (Å²) in [6.45, 7) is 1.01. The van der Waals surface area contributed by atoms with Gasteiger partial charge in [-0.25, -0.2) is 8.78 Å². The van der Waals surface area contributed by atoms with Crippen LogP contribution < -0.4 is 21.1 Å². The van der Waals surface area contributed by atoms with Crippen molar-refractivity contribution in [3.05, 3.63) is 65.2 Å². The summed E-state index contributed by atoms with van der Waals surface area (Å²) >= 11 is 0. The van der Waals surface area contributed by atoms with E-state index in [0.29, 0.717) is 29.8 Å².